The molecule has 9 rings (SSSR count). The molecule has 0 spiro atoms. The molecule has 0 aliphatic heterocycles. The highest BCUT2D eigenvalue weighted by Crippen LogP contribution is 2.42. The van der Waals surface area contributed by atoms with E-state index in [2.05, 4.69) is 126 Å². The van der Waals surface area contributed by atoms with Gasteiger partial charge in [-0.3, -0.25) is 0 Å². The second-order valence-corrected chi connectivity index (χ2v) is 10.6. The predicted octanol–water partition coefficient (Wildman–Crippen LogP) is 9.78. The normalized spacial score (nSPS) is 11.9. The molecule has 0 amide bonds. The molecule has 41 heavy (non-hydrogen) atoms. The summed E-state index contributed by atoms with van der Waals surface area (Å²) in [4.78, 5) is 10.1. The molecule has 190 valence electrons. The Morgan fingerprint density at radius 3 is 1.71 bits per heavy atom. The Kier molecular flexibility index (Phi) is 4.61. The van der Waals surface area contributed by atoms with E-state index >= 15 is 0 Å². The van der Waals surface area contributed by atoms with Crippen molar-refractivity contribution in [2.45, 2.75) is 0 Å². The molecule has 3 heterocycles. The topological polar surface area (TPSA) is 30.2 Å². The van der Waals surface area contributed by atoms with Crippen molar-refractivity contribution >= 4 is 49.0 Å². The van der Waals surface area contributed by atoms with Crippen LogP contribution in [-0.4, -0.2) is 14.4 Å². The molecule has 0 aliphatic carbocycles. The van der Waals surface area contributed by atoms with Gasteiger partial charge in [-0.2, -0.15) is 0 Å². The fraction of sp³-hybridized carbons (Fsp3) is 0. The van der Waals surface area contributed by atoms with Gasteiger partial charge in [0.25, 0.3) is 0 Å². The largest absolute Gasteiger partial charge is 0.308 e. The highest BCUT2D eigenvalue weighted by Gasteiger charge is 2.19. The molecule has 3 nitrogen and oxygen atoms in total. The quantitative estimate of drug-likeness (QED) is 0.232. The van der Waals surface area contributed by atoms with Gasteiger partial charge >= 0.3 is 0 Å². The van der Waals surface area contributed by atoms with Crippen LogP contribution in [0.1, 0.15) is 0 Å². The second-order valence-electron chi connectivity index (χ2n) is 10.6. The lowest BCUT2D eigenvalue weighted by molar-refractivity contribution is 1.23. The minimum atomic E-state index is 0.733. The number of nitrogens with zero attached hydrogens (tertiary/aromatic N) is 3. The van der Waals surface area contributed by atoms with E-state index in [1.54, 1.807) is 0 Å². The third kappa shape index (κ3) is 3.26. The van der Waals surface area contributed by atoms with E-state index in [0.717, 1.165) is 39.1 Å². The number of hydrogen-bond donors (Lipinski definition) is 0. The van der Waals surface area contributed by atoms with Gasteiger partial charge in [0.1, 0.15) is 0 Å². The molecule has 9 aromatic rings. The van der Waals surface area contributed by atoms with Gasteiger partial charge in [-0.15, -0.1) is 0 Å². The summed E-state index contributed by atoms with van der Waals surface area (Å²) in [5.41, 5.74) is 10.1. The molecule has 0 saturated heterocycles. The van der Waals surface area contributed by atoms with Crippen LogP contribution >= 0.6 is 0 Å². The molecular weight excluding hydrogens is 498 g/mol. The monoisotopic (exact) mass is 521 g/mol. The molecule has 3 heteroatoms. The van der Waals surface area contributed by atoms with Crippen molar-refractivity contribution in [3.63, 3.8) is 0 Å². The predicted molar refractivity (Wildman–Crippen MR) is 171 cm³/mol. The molecule has 6 aromatic carbocycles. The van der Waals surface area contributed by atoms with Gasteiger partial charge in [-0.25, -0.2) is 9.97 Å². The van der Waals surface area contributed by atoms with Crippen LogP contribution in [0.2, 0.25) is 0 Å². The van der Waals surface area contributed by atoms with Gasteiger partial charge in [-0.1, -0.05) is 103 Å². The van der Waals surface area contributed by atoms with Crippen molar-refractivity contribution in [2.24, 2.45) is 0 Å². The summed E-state index contributed by atoms with van der Waals surface area (Å²) in [5.74, 6) is 0.733. The van der Waals surface area contributed by atoms with Crippen molar-refractivity contribution < 1.29 is 0 Å². The van der Waals surface area contributed by atoms with Crippen LogP contribution in [0.3, 0.4) is 0 Å². The number of aromatic nitrogens is 3. The fourth-order valence-corrected chi connectivity index (χ4v) is 6.48. The standard InChI is InChI=1S/C38H23N3/c1-2-11-24(12-3-1)36-30-17-4-7-18-33(30)39-38(40-36)26-14-10-13-25(21-26)27-22-31-28-15-5-8-19-34(28)41-35-20-9-6-16-29(35)32(23-27)37(31)41/h1-23H. The minimum absolute atomic E-state index is 0.733. The lowest BCUT2D eigenvalue weighted by Crippen LogP contribution is -1.95. The summed E-state index contributed by atoms with van der Waals surface area (Å²) in [6.07, 6.45) is 0. The minimum Gasteiger partial charge on any atom is -0.308 e. The highest BCUT2D eigenvalue weighted by atomic mass is 14.9. The maximum absolute atomic E-state index is 5.12. The summed E-state index contributed by atoms with van der Waals surface area (Å²) < 4.78 is 2.42. The third-order valence-corrected chi connectivity index (χ3v) is 8.31. The first kappa shape index (κ1) is 22.3. The van der Waals surface area contributed by atoms with Crippen LogP contribution < -0.4 is 0 Å². The van der Waals surface area contributed by atoms with E-state index in [-0.39, 0.29) is 0 Å². The number of para-hydroxylation sites is 3. The molecular formula is C38H23N3. The molecule has 0 N–H and O–H groups in total. The summed E-state index contributed by atoms with van der Waals surface area (Å²) in [5, 5.41) is 6.18. The van der Waals surface area contributed by atoms with Crippen LogP contribution in [-0.2, 0) is 0 Å². The number of hydrogen-bond acceptors (Lipinski definition) is 2. The van der Waals surface area contributed by atoms with Crippen LogP contribution in [0.4, 0.5) is 0 Å². The van der Waals surface area contributed by atoms with Gasteiger partial charge < -0.3 is 4.40 Å². The van der Waals surface area contributed by atoms with Crippen molar-refractivity contribution in [3.05, 3.63) is 140 Å². The molecule has 0 aliphatic rings. The van der Waals surface area contributed by atoms with Crippen LogP contribution in [0.25, 0.3) is 82.8 Å². The second kappa shape index (κ2) is 8.48. The van der Waals surface area contributed by atoms with Crippen molar-refractivity contribution in [2.75, 3.05) is 0 Å². The first-order chi connectivity index (χ1) is 20.3. The number of benzene rings is 6. The SMILES string of the molecule is c1ccc(-c2nc(-c3cccc(-c4cc5c6ccccc6n6c7ccccc7c(c4)c56)c3)nc3ccccc23)cc1. The van der Waals surface area contributed by atoms with Gasteiger partial charge in [0, 0.05) is 38.1 Å². The smallest absolute Gasteiger partial charge is 0.160 e. The molecule has 0 radical (unpaired) electrons. The van der Waals surface area contributed by atoms with Crippen LogP contribution in [0, 0.1) is 0 Å². The van der Waals surface area contributed by atoms with Crippen LogP contribution in [0.5, 0.6) is 0 Å². The van der Waals surface area contributed by atoms with E-state index in [1.807, 2.05) is 18.2 Å². The Morgan fingerprint density at radius 1 is 0.390 bits per heavy atom. The third-order valence-electron chi connectivity index (χ3n) is 8.31. The van der Waals surface area contributed by atoms with Gasteiger partial charge in [0.15, 0.2) is 5.82 Å². The average molecular weight is 522 g/mol. The molecule has 0 saturated carbocycles. The summed E-state index contributed by atoms with van der Waals surface area (Å²) >= 11 is 0. The maximum Gasteiger partial charge on any atom is 0.160 e. The zero-order valence-electron chi connectivity index (χ0n) is 22.1. The van der Waals surface area contributed by atoms with E-state index in [0.29, 0.717) is 0 Å². The van der Waals surface area contributed by atoms with Gasteiger partial charge in [0.2, 0.25) is 0 Å². The number of rotatable bonds is 3. The van der Waals surface area contributed by atoms with Gasteiger partial charge in [0.05, 0.1) is 27.8 Å². The first-order valence-electron chi connectivity index (χ1n) is 13.9. The number of fused-ring (bicyclic) bond motifs is 7. The van der Waals surface area contributed by atoms with Crippen LogP contribution in [0.15, 0.2) is 140 Å². The van der Waals surface area contributed by atoms with Crippen molar-refractivity contribution in [1.82, 2.24) is 14.4 Å². The lowest BCUT2D eigenvalue weighted by Gasteiger charge is -2.11. The summed E-state index contributed by atoms with van der Waals surface area (Å²) in [7, 11) is 0. The van der Waals surface area contributed by atoms with E-state index in [1.165, 1.54) is 43.7 Å². The molecule has 3 aromatic heterocycles. The van der Waals surface area contributed by atoms with Gasteiger partial charge in [-0.05, 0) is 47.5 Å². The maximum atomic E-state index is 5.12. The lowest BCUT2D eigenvalue weighted by atomic mass is 9.98. The van der Waals surface area contributed by atoms with Crippen molar-refractivity contribution in [3.8, 4) is 33.8 Å². The summed E-state index contributed by atoms with van der Waals surface area (Å²) in [6.45, 7) is 0. The summed E-state index contributed by atoms with van der Waals surface area (Å²) in [6, 6.07) is 49.4. The Bertz CT molecular complexity index is 2330. The first-order valence-corrected chi connectivity index (χ1v) is 13.9. The molecule has 0 fully saturated rings. The van der Waals surface area contributed by atoms with E-state index in [4.69, 9.17) is 9.97 Å². The molecule has 0 bridgehead atoms. The average Bonchev–Trinajstić information content (AvgIpc) is 3.56. The molecule has 0 atom stereocenters. The fourth-order valence-electron chi connectivity index (χ4n) is 6.48. The molecule has 0 unspecified atom stereocenters. The van der Waals surface area contributed by atoms with E-state index in [9.17, 15) is 0 Å². The highest BCUT2D eigenvalue weighted by molar-refractivity contribution is 6.24. The Hall–Kier alpha value is -5.54. The van der Waals surface area contributed by atoms with Crippen molar-refractivity contribution in [1.29, 1.82) is 0 Å². The zero-order valence-corrected chi connectivity index (χ0v) is 22.1. The Balaban J connectivity index is 1.28. The Labute approximate surface area is 236 Å². The zero-order chi connectivity index (χ0) is 26.9. The van der Waals surface area contributed by atoms with E-state index < -0.39 is 0 Å². The Morgan fingerprint density at radius 2 is 0.976 bits per heavy atom.